The fourth-order valence-electron chi connectivity index (χ4n) is 2.21. The molecular formula is C8H14N2O2. The number of hydrogen-bond acceptors (Lipinski definition) is 3. The Bertz CT molecular complexity index is 205. The van der Waals surface area contributed by atoms with Crippen LogP contribution >= 0.6 is 0 Å². The molecule has 2 aliphatic heterocycles. The molecule has 0 aromatic rings. The zero-order valence-electron chi connectivity index (χ0n) is 7.49. The summed E-state index contributed by atoms with van der Waals surface area (Å²) in [4.78, 5) is 15.3. The van der Waals surface area contributed by atoms with Crippen LogP contribution < -0.4 is 0 Å². The summed E-state index contributed by atoms with van der Waals surface area (Å²) in [7, 11) is 3.55. The molecule has 2 rings (SSSR count). The number of nitrogens with zero attached hydrogens (tertiary/aromatic N) is 2. The van der Waals surface area contributed by atoms with Gasteiger partial charge in [-0.15, -0.1) is 0 Å². The highest BCUT2D eigenvalue weighted by atomic mass is 16.5. The predicted molar refractivity (Wildman–Crippen MR) is 43.9 cm³/mol. The summed E-state index contributed by atoms with van der Waals surface area (Å²) in [5.74, 6) is 0. The number of amides is 1. The number of ether oxygens (including phenoxy) is 1. The van der Waals surface area contributed by atoms with Crippen molar-refractivity contribution in [3.05, 3.63) is 0 Å². The first-order chi connectivity index (χ1) is 5.72. The third-order valence-corrected chi connectivity index (χ3v) is 2.92. The Kier molecular flexibility index (Phi) is 1.72. The van der Waals surface area contributed by atoms with Gasteiger partial charge in [0.25, 0.3) is 0 Å². The summed E-state index contributed by atoms with van der Waals surface area (Å²) in [6.45, 7) is 1.84. The Morgan fingerprint density at radius 2 is 2.17 bits per heavy atom. The highest BCUT2D eigenvalue weighted by Gasteiger charge is 2.43. The van der Waals surface area contributed by atoms with Crippen LogP contribution in [0, 0.1) is 0 Å². The highest BCUT2D eigenvalue weighted by molar-refractivity contribution is 5.68. The lowest BCUT2D eigenvalue weighted by molar-refractivity contribution is 0.0957. The van der Waals surface area contributed by atoms with Crippen molar-refractivity contribution in [1.29, 1.82) is 0 Å². The van der Waals surface area contributed by atoms with Crippen molar-refractivity contribution < 1.29 is 9.53 Å². The van der Waals surface area contributed by atoms with Gasteiger partial charge in [-0.2, -0.15) is 0 Å². The van der Waals surface area contributed by atoms with Gasteiger partial charge in [-0.25, -0.2) is 4.79 Å². The maximum atomic E-state index is 11.2. The van der Waals surface area contributed by atoms with Crippen LogP contribution in [0.1, 0.15) is 6.42 Å². The van der Waals surface area contributed by atoms with Gasteiger partial charge in [-0.05, 0) is 13.5 Å². The predicted octanol–water partition coefficient (Wildman–Crippen LogP) is 0.141. The number of methoxy groups -OCH3 is 1. The minimum absolute atomic E-state index is 0.171. The third kappa shape index (κ3) is 0.982. The summed E-state index contributed by atoms with van der Waals surface area (Å²) in [5.41, 5.74) is 0. The van der Waals surface area contributed by atoms with Gasteiger partial charge < -0.3 is 9.64 Å². The molecule has 0 N–H and O–H groups in total. The Morgan fingerprint density at radius 3 is 2.58 bits per heavy atom. The van der Waals surface area contributed by atoms with E-state index in [1.165, 1.54) is 7.11 Å². The molecule has 2 saturated heterocycles. The van der Waals surface area contributed by atoms with Crippen molar-refractivity contribution >= 4 is 6.09 Å². The number of piperazine rings is 1. The second-order valence-corrected chi connectivity index (χ2v) is 3.61. The highest BCUT2D eigenvalue weighted by Crippen LogP contribution is 2.29. The summed E-state index contributed by atoms with van der Waals surface area (Å²) in [6.07, 6.45) is 0.946. The maximum absolute atomic E-state index is 11.2. The number of carbonyl (C=O) groups excluding carboxylic acids is 1. The molecule has 0 saturated carbocycles. The Hall–Kier alpha value is -0.770. The Labute approximate surface area is 72.1 Å². The van der Waals surface area contributed by atoms with Gasteiger partial charge in [0.05, 0.1) is 7.11 Å². The summed E-state index contributed by atoms with van der Waals surface area (Å²) < 4.78 is 4.69. The fourth-order valence-corrected chi connectivity index (χ4v) is 2.21. The lowest BCUT2D eigenvalue weighted by atomic mass is 10.2. The van der Waals surface area contributed by atoms with Crippen LogP contribution in [0.25, 0.3) is 0 Å². The van der Waals surface area contributed by atoms with Gasteiger partial charge >= 0.3 is 6.09 Å². The second kappa shape index (κ2) is 2.62. The molecule has 0 aliphatic carbocycles. The van der Waals surface area contributed by atoms with Crippen molar-refractivity contribution in [2.45, 2.75) is 18.5 Å². The van der Waals surface area contributed by atoms with Gasteiger partial charge in [-0.3, -0.25) is 4.90 Å². The van der Waals surface area contributed by atoms with Gasteiger partial charge in [0, 0.05) is 25.2 Å². The van der Waals surface area contributed by atoms with Crippen molar-refractivity contribution in [3.8, 4) is 0 Å². The van der Waals surface area contributed by atoms with Crippen LogP contribution in [-0.2, 0) is 4.74 Å². The van der Waals surface area contributed by atoms with Crippen LogP contribution in [0.2, 0.25) is 0 Å². The first kappa shape index (κ1) is 7.86. The lowest BCUT2D eigenvalue weighted by Crippen LogP contribution is -2.47. The molecule has 4 nitrogen and oxygen atoms in total. The van der Waals surface area contributed by atoms with Gasteiger partial charge in [0.1, 0.15) is 0 Å². The standard InChI is InChI=1S/C8H14N2O2/c1-9-4-7-3-6(9)5-10(7)8(11)12-2/h6-7H,3-5H2,1-2H3/t6-,7-/m1/s1. The summed E-state index contributed by atoms with van der Waals surface area (Å²) in [5, 5.41) is 0. The van der Waals surface area contributed by atoms with E-state index in [1.807, 2.05) is 4.90 Å². The average molecular weight is 170 g/mol. The van der Waals surface area contributed by atoms with E-state index >= 15 is 0 Å². The zero-order chi connectivity index (χ0) is 8.72. The van der Waals surface area contributed by atoms with E-state index in [1.54, 1.807) is 0 Å². The summed E-state index contributed by atoms with van der Waals surface area (Å²) >= 11 is 0. The van der Waals surface area contributed by atoms with Crippen LogP contribution in [0.15, 0.2) is 0 Å². The molecular weight excluding hydrogens is 156 g/mol. The van der Waals surface area contributed by atoms with E-state index in [9.17, 15) is 4.79 Å². The van der Waals surface area contributed by atoms with Crippen molar-refractivity contribution in [1.82, 2.24) is 9.80 Å². The minimum atomic E-state index is -0.171. The molecule has 1 amide bonds. The molecule has 0 aromatic heterocycles. The first-order valence-corrected chi connectivity index (χ1v) is 4.27. The molecule has 2 bridgehead atoms. The van der Waals surface area contributed by atoms with E-state index in [2.05, 4.69) is 11.9 Å². The molecule has 0 spiro atoms. The van der Waals surface area contributed by atoms with E-state index in [0.29, 0.717) is 12.1 Å². The topological polar surface area (TPSA) is 32.8 Å². The van der Waals surface area contributed by atoms with E-state index < -0.39 is 0 Å². The molecule has 0 aromatic carbocycles. The summed E-state index contributed by atoms with van der Waals surface area (Å²) in [6, 6.07) is 0.960. The molecule has 68 valence electrons. The largest absolute Gasteiger partial charge is 0.453 e. The third-order valence-electron chi connectivity index (χ3n) is 2.92. The maximum Gasteiger partial charge on any atom is 0.409 e. The van der Waals surface area contributed by atoms with Gasteiger partial charge in [0.2, 0.25) is 0 Å². The lowest BCUT2D eigenvalue weighted by Gasteiger charge is -2.30. The van der Waals surface area contributed by atoms with Gasteiger partial charge in [-0.1, -0.05) is 0 Å². The van der Waals surface area contributed by atoms with E-state index in [4.69, 9.17) is 4.74 Å². The second-order valence-electron chi connectivity index (χ2n) is 3.61. The molecule has 0 radical (unpaired) electrons. The van der Waals surface area contributed by atoms with Crippen LogP contribution in [0.3, 0.4) is 0 Å². The number of likely N-dealkylation sites (tertiary alicyclic amines) is 2. The molecule has 4 heteroatoms. The van der Waals surface area contributed by atoms with Gasteiger partial charge in [0.15, 0.2) is 0 Å². The molecule has 2 aliphatic rings. The van der Waals surface area contributed by atoms with Crippen molar-refractivity contribution in [2.75, 3.05) is 27.2 Å². The number of likely N-dealkylation sites (N-methyl/N-ethyl adjacent to an activating group) is 1. The quantitative estimate of drug-likeness (QED) is 0.518. The molecule has 12 heavy (non-hydrogen) atoms. The Balaban J connectivity index is 2.02. The van der Waals surface area contributed by atoms with Crippen molar-refractivity contribution in [2.24, 2.45) is 0 Å². The fraction of sp³-hybridized carbons (Fsp3) is 0.875. The number of rotatable bonds is 0. The first-order valence-electron chi connectivity index (χ1n) is 4.27. The minimum Gasteiger partial charge on any atom is -0.453 e. The monoisotopic (exact) mass is 170 g/mol. The molecule has 2 heterocycles. The number of hydrogen-bond donors (Lipinski definition) is 0. The van der Waals surface area contributed by atoms with Crippen LogP contribution in [0.5, 0.6) is 0 Å². The van der Waals surface area contributed by atoms with Crippen molar-refractivity contribution in [3.63, 3.8) is 0 Å². The normalized spacial score (nSPS) is 34.3. The van der Waals surface area contributed by atoms with E-state index in [0.717, 1.165) is 19.5 Å². The Morgan fingerprint density at radius 1 is 1.42 bits per heavy atom. The zero-order valence-corrected chi connectivity index (χ0v) is 7.49. The smallest absolute Gasteiger partial charge is 0.409 e. The van der Waals surface area contributed by atoms with Crippen LogP contribution in [0.4, 0.5) is 4.79 Å². The average Bonchev–Trinajstić information content (AvgIpc) is 2.60. The molecule has 2 fully saturated rings. The number of carbonyl (C=O) groups is 1. The molecule has 2 atom stereocenters. The SMILES string of the molecule is COC(=O)N1C[C@H]2C[C@@H]1CN2C. The van der Waals surface area contributed by atoms with Crippen LogP contribution in [-0.4, -0.2) is 55.2 Å². The molecule has 0 unspecified atom stereocenters. The number of fused-ring (bicyclic) bond motifs is 2. The van der Waals surface area contributed by atoms with E-state index in [-0.39, 0.29) is 6.09 Å².